The van der Waals surface area contributed by atoms with Gasteiger partial charge in [0.15, 0.2) is 6.29 Å². The first-order valence-corrected chi connectivity index (χ1v) is 5.17. The molecule has 0 unspecified atom stereocenters. The fraction of sp³-hybridized carbons (Fsp3) is 1.00. The molecule has 0 spiro atoms. The summed E-state index contributed by atoms with van der Waals surface area (Å²) < 4.78 is 16.4. The van der Waals surface area contributed by atoms with Gasteiger partial charge in [0.1, 0.15) is 0 Å². The van der Waals surface area contributed by atoms with Crippen molar-refractivity contribution in [2.45, 2.75) is 33.0 Å². The zero-order chi connectivity index (χ0) is 9.52. The average Bonchev–Trinajstić information content (AvgIpc) is 2.19. The highest BCUT2D eigenvalue weighted by Gasteiger charge is 2.20. The largest absolute Gasteiger partial charge is 0.381 e. The van der Waals surface area contributed by atoms with Crippen molar-refractivity contribution in [3.05, 3.63) is 0 Å². The molecule has 1 fully saturated rings. The van der Waals surface area contributed by atoms with Gasteiger partial charge in [-0.25, -0.2) is 0 Å². The van der Waals surface area contributed by atoms with Crippen LogP contribution in [0.5, 0.6) is 0 Å². The summed E-state index contributed by atoms with van der Waals surface area (Å²) in [6.07, 6.45) is 2.02. The molecular formula is C10H20O3. The molecule has 0 aromatic carbocycles. The minimum absolute atomic E-state index is 0.0161. The number of ether oxygens (including phenoxy) is 3. The van der Waals surface area contributed by atoms with Crippen molar-refractivity contribution in [1.29, 1.82) is 0 Å². The van der Waals surface area contributed by atoms with Crippen molar-refractivity contribution in [2.75, 3.05) is 26.4 Å². The molecule has 1 aliphatic heterocycles. The second-order valence-corrected chi connectivity index (χ2v) is 3.45. The van der Waals surface area contributed by atoms with Gasteiger partial charge in [0.05, 0.1) is 19.8 Å². The lowest BCUT2D eigenvalue weighted by molar-refractivity contribution is -0.207. The Balaban J connectivity index is 2.03. The van der Waals surface area contributed by atoms with E-state index in [4.69, 9.17) is 14.2 Å². The van der Waals surface area contributed by atoms with E-state index in [1.54, 1.807) is 0 Å². The Morgan fingerprint density at radius 3 is 2.46 bits per heavy atom. The minimum Gasteiger partial charge on any atom is -0.381 e. The standard InChI is InChI=1S/C10H20O3/c1-3-5-11-6-9-7-12-10(4-2)13-8-9/h9-10H,3-8H2,1-2H3. The van der Waals surface area contributed by atoms with E-state index >= 15 is 0 Å². The summed E-state index contributed by atoms with van der Waals surface area (Å²) in [4.78, 5) is 0. The monoisotopic (exact) mass is 188 g/mol. The van der Waals surface area contributed by atoms with Crippen LogP contribution in [0.15, 0.2) is 0 Å². The molecular weight excluding hydrogens is 168 g/mol. The van der Waals surface area contributed by atoms with E-state index in [2.05, 4.69) is 13.8 Å². The molecule has 0 aromatic rings. The van der Waals surface area contributed by atoms with E-state index < -0.39 is 0 Å². The van der Waals surface area contributed by atoms with Gasteiger partial charge in [-0.1, -0.05) is 13.8 Å². The molecule has 0 radical (unpaired) electrons. The molecule has 1 rings (SSSR count). The summed E-state index contributed by atoms with van der Waals surface area (Å²) in [6.45, 7) is 7.35. The Morgan fingerprint density at radius 2 is 1.92 bits per heavy atom. The fourth-order valence-electron chi connectivity index (χ4n) is 1.31. The molecule has 0 saturated carbocycles. The van der Waals surface area contributed by atoms with Gasteiger partial charge in [0.2, 0.25) is 0 Å². The maximum Gasteiger partial charge on any atom is 0.157 e. The average molecular weight is 188 g/mol. The summed E-state index contributed by atoms with van der Waals surface area (Å²) in [7, 11) is 0. The predicted molar refractivity (Wildman–Crippen MR) is 50.6 cm³/mol. The van der Waals surface area contributed by atoms with Crippen LogP contribution in [0.3, 0.4) is 0 Å². The van der Waals surface area contributed by atoms with E-state index in [1.165, 1.54) is 0 Å². The number of rotatable bonds is 5. The molecule has 1 heterocycles. The third kappa shape index (κ3) is 4.07. The Labute approximate surface area is 80.4 Å². The van der Waals surface area contributed by atoms with Gasteiger partial charge in [-0.05, 0) is 12.8 Å². The smallest absolute Gasteiger partial charge is 0.157 e. The number of hydrogen-bond acceptors (Lipinski definition) is 3. The van der Waals surface area contributed by atoms with Crippen LogP contribution in [0.2, 0.25) is 0 Å². The molecule has 13 heavy (non-hydrogen) atoms. The Hall–Kier alpha value is -0.120. The first-order valence-electron chi connectivity index (χ1n) is 5.17. The quantitative estimate of drug-likeness (QED) is 0.616. The molecule has 3 nitrogen and oxygen atoms in total. The highest BCUT2D eigenvalue weighted by molar-refractivity contribution is 4.61. The van der Waals surface area contributed by atoms with Crippen LogP contribution in [0, 0.1) is 5.92 Å². The van der Waals surface area contributed by atoms with Gasteiger partial charge in [0, 0.05) is 12.5 Å². The van der Waals surface area contributed by atoms with Crippen LogP contribution in [0.25, 0.3) is 0 Å². The lowest BCUT2D eigenvalue weighted by atomic mass is 10.2. The van der Waals surface area contributed by atoms with Gasteiger partial charge in [-0.3, -0.25) is 0 Å². The van der Waals surface area contributed by atoms with Gasteiger partial charge >= 0.3 is 0 Å². The molecule has 0 bridgehead atoms. The van der Waals surface area contributed by atoms with E-state index in [-0.39, 0.29) is 6.29 Å². The predicted octanol–water partition coefficient (Wildman–Crippen LogP) is 1.81. The van der Waals surface area contributed by atoms with Crippen LogP contribution >= 0.6 is 0 Å². The van der Waals surface area contributed by atoms with Crippen LogP contribution in [-0.2, 0) is 14.2 Å². The van der Waals surface area contributed by atoms with Gasteiger partial charge in [0.25, 0.3) is 0 Å². The summed E-state index contributed by atoms with van der Waals surface area (Å²) >= 11 is 0. The van der Waals surface area contributed by atoms with Crippen molar-refractivity contribution in [1.82, 2.24) is 0 Å². The first-order chi connectivity index (χ1) is 6.36. The van der Waals surface area contributed by atoms with Crippen molar-refractivity contribution in [3.8, 4) is 0 Å². The van der Waals surface area contributed by atoms with E-state index in [1.807, 2.05) is 0 Å². The molecule has 0 amide bonds. The Bertz CT molecular complexity index is 117. The third-order valence-electron chi connectivity index (χ3n) is 2.07. The van der Waals surface area contributed by atoms with Crippen LogP contribution in [-0.4, -0.2) is 32.7 Å². The number of hydrogen-bond donors (Lipinski definition) is 0. The maximum absolute atomic E-state index is 5.47. The lowest BCUT2D eigenvalue weighted by Gasteiger charge is -2.28. The Kier molecular flexibility index (Phi) is 5.35. The van der Waals surface area contributed by atoms with E-state index in [9.17, 15) is 0 Å². The Morgan fingerprint density at radius 1 is 1.23 bits per heavy atom. The second kappa shape index (κ2) is 6.35. The fourth-order valence-corrected chi connectivity index (χ4v) is 1.31. The van der Waals surface area contributed by atoms with Gasteiger partial charge in [-0.15, -0.1) is 0 Å². The molecule has 0 atom stereocenters. The highest BCUT2D eigenvalue weighted by Crippen LogP contribution is 2.13. The SMILES string of the molecule is CCCOCC1COC(CC)OC1. The molecule has 3 heteroatoms. The van der Waals surface area contributed by atoms with Gasteiger partial charge in [-0.2, -0.15) is 0 Å². The molecule has 0 aromatic heterocycles. The topological polar surface area (TPSA) is 27.7 Å². The molecule has 1 aliphatic rings. The van der Waals surface area contributed by atoms with E-state index in [0.29, 0.717) is 5.92 Å². The minimum atomic E-state index is 0.0161. The summed E-state index contributed by atoms with van der Waals surface area (Å²) in [5, 5.41) is 0. The lowest BCUT2D eigenvalue weighted by Crippen LogP contribution is -2.34. The summed E-state index contributed by atoms with van der Waals surface area (Å²) in [5.41, 5.74) is 0. The summed E-state index contributed by atoms with van der Waals surface area (Å²) in [5.74, 6) is 0.425. The van der Waals surface area contributed by atoms with Crippen molar-refractivity contribution < 1.29 is 14.2 Å². The molecule has 0 aliphatic carbocycles. The molecule has 78 valence electrons. The van der Waals surface area contributed by atoms with Crippen LogP contribution in [0.1, 0.15) is 26.7 Å². The van der Waals surface area contributed by atoms with Crippen molar-refractivity contribution >= 4 is 0 Å². The molecule has 1 saturated heterocycles. The maximum atomic E-state index is 5.47. The normalized spacial score (nSPS) is 29.1. The highest BCUT2D eigenvalue weighted by atomic mass is 16.7. The third-order valence-corrected chi connectivity index (χ3v) is 2.07. The van der Waals surface area contributed by atoms with Crippen LogP contribution < -0.4 is 0 Å². The van der Waals surface area contributed by atoms with Crippen molar-refractivity contribution in [3.63, 3.8) is 0 Å². The summed E-state index contributed by atoms with van der Waals surface area (Å²) in [6, 6.07) is 0. The zero-order valence-electron chi connectivity index (χ0n) is 8.62. The van der Waals surface area contributed by atoms with Crippen molar-refractivity contribution in [2.24, 2.45) is 5.92 Å². The first kappa shape index (κ1) is 11.0. The molecule has 0 N–H and O–H groups in total. The van der Waals surface area contributed by atoms with Crippen LogP contribution in [0.4, 0.5) is 0 Å². The van der Waals surface area contributed by atoms with Gasteiger partial charge < -0.3 is 14.2 Å². The zero-order valence-corrected chi connectivity index (χ0v) is 8.62. The second-order valence-electron chi connectivity index (χ2n) is 3.45. The van der Waals surface area contributed by atoms with E-state index in [0.717, 1.165) is 39.3 Å².